The minimum absolute atomic E-state index is 0.112. The molecule has 0 fully saturated rings. The van der Waals surface area contributed by atoms with E-state index in [0.717, 1.165) is 23.3 Å². The molecule has 0 saturated heterocycles. The van der Waals surface area contributed by atoms with Gasteiger partial charge in [-0.15, -0.1) is 0 Å². The van der Waals surface area contributed by atoms with E-state index in [0.29, 0.717) is 36.9 Å². The lowest BCUT2D eigenvalue weighted by atomic mass is 10.1. The van der Waals surface area contributed by atoms with Crippen LogP contribution in [-0.2, 0) is 17.8 Å². The minimum atomic E-state index is -0.134. The quantitative estimate of drug-likeness (QED) is 0.459. The fourth-order valence-corrected chi connectivity index (χ4v) is 3.08. The highest BCUT2D eigenvalue weighted by molar-refractivity contribution is 5.94. The van der Waals surface area contributed by atoms with Crippen LogP contribution < -0.4 is 15.4 Å². The molecule has 33 heavy (non-hydrogen) atoms. The van der Waals surface area contributed by atoms with E-state index in [2.05, 4.69) is 20.8 Å². The predicted molar refractivity (Wildman–Crippen MR) is 125 cm³/mol. The third kappa shape index (κ3) is 7.17. The first kappa shape index (κ1) is 24.0. The molecule has 1 aromatic heterocycles. The molecule has 3 rings (SSSR count). The summed E-state index contributed by atoms with van der Waals surface area (Å²) in [5, 5.41) is 9.80. The number of amides is 2. The predicted octanol–water partition coefficient (Wildman–Crippen LogP) is 3.91. The van der Waals surface area contributed by atoms with Crippen molar-refractivity contribution >= 4 is 11.8 Å². The van der Waals surface area contributed by atoms with E-state index in [1.807, 2.05) is 57.2 Å². The number of benzene rings is 2. The van der Waals surface area contributed by atoms with E-state index in [4.69, 9.17) is 9.26 Å². The molecular formula is C25H30N4O4. The van der Waals surface area contributed by atoms with Crippen LogP contribution in [0.15, 0.2) is 53.1 Å². The Bertz CT molecular complexity index is 1060. The molecule has 8 heteroatoms. The van der Waals surface area contributed by atoms with Crippen LogP contribution in [0.1, 0.15) is 55.4 Å². The Balaban J connectivity index is 1.47. The Morgan fingerprint density at radius 2 is 1.91 bits per heavy atom. The van der Waals surface area contributed by atoms with E-state index in [9.17, 15) is 9.59 Å². The van der Waals surface area contributed by atoms with Crippen molar-refractivity contribution in [3.05, 3.63) is 65.5 Å². The number of rotatable bonds is 11. The molecule has 1 heterocycles. The highest BCUT2D eigenvalue weighted by atomic mass is 16.5. The van der Waals surface area contributed by atoms with E-state index in [1.54, 1.807) is 12.1 Å². The van der Waals surface area contributed by atoms with Gasteiger partial charge in [-0.1, -0.05) is 24.2 Å². The van der Waals surface area contributed by atoms with Crippen molar-refractivity contribution in [2.75, 3.05) is 6.61 Å². The van der Waals surface area contributed by atoms with Gasteiger partial charge < -0.3 is 19.9 Å². The first-order valence-electron chi connectivity index (χ1n) is 11.2. The van der Waals surface area contributed by atoms with Crippen LogP contribution in [0.4, 0.5) is 0 Å². The van der Waals surface area contributed by atoms with Crippen molar-refractivity contribution in [3.8, 4) is 17.1 Å². The summed E-state index contributed by atoms with van der Waals surface area (Å²) in [5.74, 6) is 1.41. The van der Waals surface area contributed by atoms with Gasteiger partial charge in [-0.05, 0) is 62.2 Å². The van der Waals surface area contributed by atoms with Crippen molar-refractivity contribution in [2.45, 2.75) is 52.6 Å². The van der Waals surface area contributed by atoms with Gasteiger partial charge in [0.1, 0.15) is 5.75 Å². The topological polar surface area (TPSA) is 106 Å². The van der Waals surface area contributed by atoms with Crippen LogP contribution in [0.5, 0.6) is 5.75 Å². The first-order valence-corrected chi connectivity index (χ1v) is 11.2. The fraction of sp³-hybridized carbons (Fsp3) is 0.360. The Hall–Kier alpha value is -3.68. The zero-order valence-corrected chi connectivity index (χ0v) is 19.3. The number of ether oxygens (including phenoxy) is 1. The Labute approximate surface area is 193 Å². The van der Waals surface area contributed by atoms with Crippen LogP contribution in [-0.4, -0.2) is 34.6 Å². The maximum absolute atomic E-state index is 12.3. The molecule has 0 spiro atoms. The highest BCUT2D eigenvalue weighted by Gasteiger charge is 2.12. The van der Waals surface area contributed by atoms with Crippen molar-refractivity contribution in [1.29, 1.82) is 0 Å². The van der Waals surface area contributed by atoms with Crippen LogP contribution in [0, 0.1) is 0 Å². The molecule has 0 bridgehead atoms. The fourth-order valence-electron chi connectivity index (χ4n) is 3.08. The van der Waals surface area contributed by atoms with Crippen LogP contribution in [0.2, 0.25) is 0 Å². The lowest BCUT2D eigenvalue weighted by molar-refractivity contribution is -0.121. The van der Waals surface area contributed by atoms with Gasteiger partial charge in [-0.3, -0.25) is 9.59 Å². The maximum Gasteiger partial charge on any atom is 0.251 e. The van der Waals surface area contributed by atoms with E-state index >= 15 is 0 Å². The van der Waals surface area contributed by atoms with Gasteiger partial charge >= 0.3 is 0 Å². The largest absolute Gasteiger partial charge is 0.494 e. The lowest BCUT2D eigenvalue weighted by Gasteiger charge is -2.12. The molecule has 174 valence electrons. The third-order valence-corrected chi connectivity index (χ3v) is 5.13. The second kappa shape index (κ2) is 11.8. The van der Waals surface area contributed by atoms with Crippen LogP contribution in [0.3, 0.4) is 0 Å². The summed E-state index contributed by atoms with van der Waals surface area (Å²) in [5.41, 5.74) is 2.25. The molecule has 0 aliphatic carbocycles. The second-order valence-corrected chi connectivity index (χ2v) is 7.73. The molecule has 0 aliphatic rings. The van der Waals surface area contributed by atoms with Crippen LogP contribution in [0.25, 0.3) is 11.4 Å². The number of nitrogens with zero attached hydrogens (tertiary/aromatic N) is 2. The Morgan fingerprint density at radius 3 is 2.64 bits per heavy atom. The van der Waals surface area contributed by atoms with Gasteiger partial charge in [0.15, 0.2) is 0 Å². The van der Waals surface area contributed by atoms with Gasteiger partial charge in [-0.25, -0.2) is 0 Å². The summed E-state index contributed by atoms with van der Waals surface area (Å²) in [6, 6.07) is 14.8. The van der Waals surface area contributed by atoms with Crippen molar-refractivity contribution in [1.82, 2.24) is 20.8 Å². The normalized spacial score (nSPS) is 11.6. The van der Waals surface area contributed by atoms with Gasteiger partial charge in [0, 0.05) is 36.6 Å². The SMILES string of the molecule is CCOc1ccc(-c2noc(CCC(=O)NCc3cccc(C(=O)NC(C)CC)c3)n2)cc1. The van der Waals surface area contributed by atoms with E-state index in [1.165, 1.54) is 0 Å². The monoisotopic (exact) mass is 450 g/mol. The minimum Gasteiger partial charge on any atom is -0.494 e. The number of carbonyl (C=O) groups is 2. The van der Waals surface area contributed by atoms with Crippen LogP contribution >= 0.6 is 0 Å². The zero-order chi connectivity index (χ0) is 23.6. The molecule has 2 amide bonds. The molecule has 1 unspecified atom stereocenters. The molecule has 1 atom stereocenters. The molecule has 2 N–H and O–H groups in total. The Morgan fingerprint density at radius 1 is 1.12 bits per heavy atom. The molecule has 8 nitrogen and oxygen atoms in total. The number of carbonyl (C=O) groups excluding carboxylic acids is 2. The van der Waals surface area contributed by atoms with Crippen molar-refractivity contribution in [2.24, 2.45) is 0 Å². The second-order valence-electron chi connectivity index (χ2n) is 7.73. The third-order valence-electron chi connectivity index (χ3n) is 5.13. The summed E-state index contributed by atoms with van der Waals surface area (Å²) in [6.07, 6.45) is 1.43. The summed E-state index contributed by atoms with van der Waals surface area (Å²) in [4.78, 5) is 28.9. The molecule has 3 aromatic rings. The summed E-state index contributed by atoms with van der Waals surface area (Å²) in [6.45, 7) is 6.86. The standard InChI is InChI=1S/C25H30N4O4/c1-4-17(3)27-25(31)20-8-6-7-18(15-20)16-26-22(30)13-14-23-28-24(29-33-23)19-9-11-21(12-10-19)32-5-2/h6-12,15,17H,4-5,13-14,16H2,1-3H3,(H,26,30)(H,27,31). The lowest BCUT2D eigenvalue weighted by Crippen LogP contribution is -2.32. The maximum atomic E-state index is 12.3. The zero-order valence-electron chi connectivity index (χ0n) is 19.3. The van der Waals surface area contributed by atoms with Gasteiger partial charge in [-0.2, -0.15) is 4.98 Å². The van der Waals surface area contributed by atoms with E-state index in [-0.39, 0.29) is 24.3 Å². The molecule has 0 saturated carbocycles. The van der Waals surface area contributed by atoms with Crippen molar-refractivity contribution < 1.29 is 18.8 Å². The average Bonchev–Trinajstić information content (AvgIpc) is 3.31. The summed E-state index contributed by atoms with van der Waals surface area (Å²) < 4.78 is 10.7. The number of aromatic nitrogens is 2. The number of aryl methyl sites for hydroxylation is 1. The number of hydrogen-bond acceptors (Lipinski definition) is 6. The average molecular weight is 451 g/mol. The van der Waals surface area contributed by atoms with Crippen molar-refractivity contribution in [3.63, 3.8) is 0 Å². The molecular weight excluding hydrogens is 420 g/mol. The highest BCUT2D eigenvalue weighted by Crippen LogP contribution is 2.20. The van der Waals surface area contributed by atoms with Gasteiger partial charge in [0.2, 0.25) is 17.6 Å². The summed E-state index contributed by atoms with van der Waals surface area (Å²) >= 11 is 0. The molecule has 2 aromatic carbocycles. The smallest absolute Gasteiger partial charge is 0.251 e. The summed E-state index contributed by atoms with van der Waals surface area (Å²) in [7, 11) is 0. The molecule has 0 radical (unpaired) electrons. The van der Waals surface area contributed by atoms with Gasteiger partial charge in [0.25, 0.3) is 5.91 Å². The Kier molecular flexibility index (Phi) is 8.57. The van der Waals surface area contributed by atoms with Gasteiger partial charge in [0.05, 0.1) is 6.61 Å². The van der Waals surface area contributed by atoms with E-state index < -0.39 is 0 Å². The number of nitrogens with one attached hydrogen (secondary N) is 2. The first-order chi connectivity index (χ1) is 16.0. The number of hydrogen-bond donors (Lipinski definition) is 2. The molecule has 0 aliphatic heterocycles.